The van der Waals surface area contributed by atoms with Gasteiger partial charge in [-0.1, -0.05) is 6.92 Å². The fourth-order valence-electron chi connectivity index (χ4n) is 1.16. The van der Waals surface area contributed by atoms with Gasteiger partial charge in [0.15, 0.2) is 0 Å². The molecule has 1 heterocycles. The summed E-state index contributed by atoms with van der Waals surface area (Å²) in [6, 6.07) is 0. The van der Waals surface area contributed by atoms with Gasteiger partial charge in [-0.15, -0.1) is 0 Å². The van der Waals surface area contributed by atoms with Gasteiger partial charge in [0.25, 0.3) is 0 Å². The van der Waals surface area contributed by atoms with Crippen molar-refractivity contribution in [3.8, 4) is 5.88 Å². The summed E-state index contributed by atoms with van der Waals surface area (Å²) < 4.78 is 5.53. The third kappa shape index (κ3) is 2.32. The summed E-state index contributed by atoms with van der Waals surface area (Å²) in [7, 11) is 0. The Bertz CT molecular complexity index is 301. The SMILES string of the molecule is CCc1c(NN)ncnc1OC(C)C. The van der Waals surface area contributed by atoms with Crippen molar-refractivity contribution < 1.29 is 4.74 Å². The van der Waals surface area contributed by atoms with Gasteiger partial charge in [-0.3, -0.25) is 0 Å². The largest absolute Gasteiger partial charge is 0.475 e. The molecule has 0 saturated heterocycles. The van der Waals surface area contributed by atoms with E-state index in [0.717, 1.165) is 12.0 Å². The summed E-state index contributed by atoms with van der Waals surface area (Å²) in [4.78, 5) is 8.08. The van der Waals surface area contributed by atoms with E-state index in [1.165, 1.54) is 6.33 Å². The standard InChI is InChI=1S/C9H16N4O/c1-4-7-8(13-10)11-5-12-9(7)14-6(2)3/h5-6H,4,10H2,1-3H3,(H,11,12,13). The number of aromatic nitrogens is 2. The van der Waals surface area contributed by atoms with Gasteiger partial charge in [0.1, 0.15) is 12.1 Å². The first-order chi connectivity index (χ1) is 6.69. The number of hydrazine groups is 1. The number of anilines is 1. The minimum Gasteiger partial charge on any atom is -0.475 e. The maximum atomic E-state index is 5.53. The lowest BCUT2D eigenvalue weighted by Crippen LogP contribution is -2.14. The van der Waals surface area contributed by atoms with Crippen LogP contribution in [0.5, 0.6) is 5.88 Å². The smallest absolute Gasteiger partial charge is 0.222 e. The molecule has 1 aromatic rings. The first kappa shape index (κ1) is 10.7. The molecule has 3 N–H and O–H groups in total. The van der Waals surface area contributed by atoms with Crippen LogP contribution in [0.25, 0.3) is 0 Å². The van der Waals surface area contributed by atoms with Crippen LogP contribution in [-0.4, -0.2) is 16.1 Å². The minimum atomic E-state index is 0.0980. The van der Waals surface area contributed by atoms with Crippen LogP contribution in [0.2, 0.25) is 0 Å². The molecule has 0 aliphatic rings. The van der Waals surface area contributed by atoms with Crippen LogP contribution in [0, 0.1) is 0 Å². The molecule has 0 amide bonds. The summed E-state index contributed by atoms with van der Waals surface area (Å²) >= 11 is 0. The van der Waals surface area contributed by atoms with Crippen LogP contribution in [0.3, 0.4) is 0 Å². The Morgan fingerprint density at radius 1 is 1.50 bits per heavy atom. The Morgan fingerprint density at radius 2 is 2.21 bits per heavy atom. The van der Waals surface area contributed by atoms with Gasteiger partial charge in [0.2, 0.25) is 5.88 Å². The van der Waals surface area contributed by atoms with Crippen LogP contribution < -0.4 is 16.0 Å². The van der Waals surface area contributed by atoms with E-state index in [2.05, 4.69) is 15.4 Å². The Labute approximate surface area is 83.7 Å². The second-order valence-electron chi connectivity index (χ2n) is 3.17. The predicted octanol–water partition coefficient (Wildman–Crippen LogP) is 1.11. The number of rotatable bonds is 4. The Kier molecular flexibility index (Phi) is 3.64. The zero-order valence-corrected chi connectivity index (χ0v) is 8.74. The molecule has 0 spiro atoms. The van der Waals surface area contributed by atoms with Gasteiger partial charge in [0, 0.05) is 0 Å². The fourth-order valence-corrected chi connectivity index (χ4v) is 1.16. The zero-order chi connectivity index (χ0) is 10.6. The molecular formula is C9H16N4O. The molecule has 0 aliphatic carbocycles. The van der Waals surface area contributed by atoms with Crippen molar-refractivity contribution in [3.63, 3.8) is 0 Å². The summed E-state index contributed by atoms with van der Waals surface area (Å²) in [5.74, 6) is 6.56. The number of nitrogens with two attached hydrogens (primary N) is 1. The molecule has 14 heavy (non-hydrogen) atoms. The second-order valence-corrected chi connectivity index (χ2v) is 3.17. The monoisotopic (exact) mass is 196 g/mol. The van der Waals surface area contributed by atoms with Gasteiger partial charge < -0.3 is 10.2 Å². The highest BCUT2D eigenvalue weighted by Gasteiger charge is 2.10. The lowest BCUT2D eigenvalue weighted by molar-refractivity contribution is 0.230. The van der Waals surface area contributed by atoms with E-state index in [9.17, 15) is 0 Å². The molecule has 0 fully saturated rings. The highest BCUT2D eigenvalue weighted by molar-refractivity contribution is 5.47. The van der Waals surface area contributed by atoms with E-state index in [4.69, 9.17) is 10.6 Å². The molecule has 5 nitrogen and oxygen atoms in total. The number of hydrogen-bond acceptors (Lipinski definition) is 5. The lowest BCUT2D eigenvalue weighted by Gasteiger charge is -2.13. The highest BCUT2D eigenvalue weighted by atomic mass is 16.5. The van der Waals surface area contributed by atoms with Crippen molar-refractivity contribution in [2.75, 3.05) is 5.43 Å². The van der Waals surface area contributed by atoms with Crippen molar-refractivity contribution in [3.05, 3.63) is 11.9 Å². The molecule has 0 unspecified atom stereocenters. The van der Waals surface area contributed by atoms with Crippen molar-refractivity contribution in [2.45, 2.75) is 33.3 Å². The maximum absolute atomic E-state index is 5.53. The Morgan fingerprint density at radius 3 is 2.71 bits per heavy atom. The number of nitrogen functional groups attached to an aromatic ring is 1. The first-order valence-corrected chi connectivity index (χ1v) is 4.66. The number of nitrogens with zero attached hydrogens (tertiary/aromatic N) is 2. The number of hydrogen-bond donors (Lipinski definition) is 2. The molecule has 0 bridgehead atoms. The van der Waals surface area contributed by atoms with Crippen LogP contribution in [0.4, 0.5) is 5.82 Å². The molecule has 0 aromatic carbocycles. The average molecular weight is 196 g/mol. The van der Waals surface area contributed by atoms with E-state index in [1.807, 2.05) is 20.8 Å². The van der Waals surface area contributed by atoms with Crippen molar-refractivity contribution in [1.82, 2.24) is 9.97 Å². The maximum Gasteiger partial charge on any atom is 0.222 e. The van der Waals surface area contributed by atoms with Crippen LogP contribution in [0.15, 0.2) is 6.33 Å². The molecule has 0 atom stereocenters. The first-order valence-electron chi connectivity index (χ1n) is 4.66. The summed E-state index contributed by atoms with van der Waals surface area (Å²) in [5, 5.41) is 0. The topological polar surface area (TPSA) is 73.1 Å². The molecular weight excluding hydrogens is 180 g/mol. The quantitative estimate of drug-likeness (QED) is 0.557. The van der Waals surface area contributed by atoms with Gasteiger partial charge in [-0.25, -0.2) is 15.8 Å². The summed E-state index contributed by atoms with van der Waals surface area (Å²) in [6.07, 6.45) is 2.31. The second kappa shape index (κ2) is 4.76. The Hall–Kier alpha value is -1.36. The van der Waals surface area contributed by atoms with E-state index >= 15 is 0 Å². The van der Waals surface area contributed by atoms with Crippen molar-refractivity contribution >= 4 is 5.82 Å². The van der Waals surface area contributed by atoms with E-state index in [0.29, 0.717) is 11.7 Å². The molecule has 1 aromatic heterocycles. The number of ether oxygens (including phenoxy) is 1. The lowest BCUT2D eigenvalue weighted by atomic mass is 10.2. The van der Waals surface area contributed by atoms with Gasteiger partial charge in [-0.05, 0) is 20.3 Å². The summed E-state index contributed by atoms with van der Waals surface area (Å²) in [5.41, 5.74) is 3.44. The number of nitrogens with one attached hydrogen (secondary N) is 1. The zero-order valence-electron chi connectivity index (χ0n) is 8.74. The van der Waals surface area contributed by atoms with Gasteiger partial charge in [-0.2, -0.15) is 0 Å². The third-order valence-electron chi connectivity index (χ3n) is 1.74. The molecule has 1 rings (SSSR count). The van der Waals surface area contributed by atoms with Crippen LogP contribution in [-0.2, 0) is 6.42 Å². The van der Waals surface area contributed by atoms with Crippen molar-refractivity contribution in [2.24, 2.45) is 5.84 Å². The molecule has 5 heteroatoms. The average Bonchev–Trinajstić information content (AvgIpc) is 2.16. The molecule has 0 radical (unpaired) electrons. The predicted molar refractivity (Wildman–Crippen MR) is 55.0 cm³/mol. The normalized spacial score (nSPS) is 10.4. The molecule has 0 saturated carbocycles. The minimum absolute atomic E-state index is 0.0980. The third-order valence-corrected chi connectivity index (χ3v) is 1.74. The molecule has 78 valence electrons. The summed E-state index contributed by atoms with van der Waals surface area (Å²) in [6.45, 7) is 5.92. The highest BCUT2D eigenvalue weighted by Crippen LogP contribution is 2.22. The van der Waals surface area contributed by atoms with E-state index in [-0.39, 0.29) is 6.10 Å². The van der Waals surface area contributed by atoms with E-state index < -0.39 is 0 Å². The Balaban J connectivity index is 3.02. The van der Waals surface area contributed by atoms with Crippen LogP contribution >= 0.6 is 0 Å². The van der Waals surface area contributed by atoms with Crippen molar-refractivity contribution in [1.29, 1.82) is 0 Å². The van der Waals surface area contributed by atoms with Crippen LogP contribution in [0.1, 0.15) is 26.3 Å². The van der Waals surface area contributed by atoms with Gasteiger partial charge in [0.05, 0.1) is 11.7 Å². The fraction of sp³-hybridized carbons (Fsp3) is 0.556. The van der Waals surface area contributed by atoms with Gasteiger partial charge >= 0.3 is 0 Å². The molecule has 0 aliphatic heterocycles. The van der Waals surface area contributed by atoms with E-state index in [1.54, 1.807) is 0 Å².